The van der Waals surface area contributed by atoms with Gasteiger partial charge < -0.3 is 14.8 Å². The monoisotopic (exact) mass is 317 g/mol. The number of hydrogen-bond donors (Lipinski definition) is 1. The lowest BCUT2D eigenvalue weighted by Gasteiger charge is -2.10. The lowest BCUT2D eigenvalue weighted by atomic mass is 10.2. The van der Waals surface area contributed by atoms with Gasteiger partial charge in [-0.15, -0.1) is 0 Å². The second kappa shape index (κ2) is 8.17. The Hall–Kier alpha value is -2.56. The maximum atomic E-state index is 12.8. The molecule has 2 aromatic rings. The molecule has 0 fully saturated rings. The molecule has 0 radical (unpaired) electrons. The van der Waals surface area contributed by atoms with Gasteiger partial charge in [0, 0.05) is 5.69 Å². The third-order valence-corrected chi connectivity index (χ3v) is 3.17. The Morgan fingerprint density at radius 3 is 2.52 bits per heavy atom. The second-order valence-corrected chi connectivity index (χ2v) is 5.01. The number of carbonyl (C=O) groups excluding carboxylic acids is 1. The Morgan fingerprint density at radius 1 is 1.13 bits per heavy atom. The Kier molecular flexibility index (Phi) is 5.97. The quantitative estimate of drug-likeness (QED) is 0.841. The van der Waals surface area contributed by atoms with Gasteiger partial charge in [0.15, 0.2) is 0 Å². The summed E-state index contributed by atoms with van der Waals surface area (Å²) < 4.78 is 23.6. The number of halogens is 1. The van der Waals surface area contributed by atoms with Crippen LogP contribution in [0, 0.1) is 12.7 Å². The number of anilines is 1. The number of nitrogens with one attached hydrogen (secondary N) is 1. The van der Waals surface area contributed by atoms with Crippen LogP contribution in [-0.2, 0) is 4.79 Å². The molecule has 0 saturated heterocycles. The van der Waals surface area contributed by atoms with E-state index in [1.165, 1.54) is 24.3 Å². The summed E-state index contributed by atoms with van der Waals surface area (Å²) in [7, 11) is 0. The average Bonchev–Trinajstić information content (AvgIpc) is 2.52. The van der Waals surface area contributed by atoms with Crippen LogP contribution in [0.3, 0.4) is 0 Å². The van der Waals surface area contributed by atoms with Crippen LogP contribution in [0.2, 0.25) is 0 Å². The van der Waals surface area contributed by atoms with Gasteiger partial charge >= 0.3 is 0 Å². The lowest BCUT2D eigenvalue weighted by Crippen LogP contribution is -2.15. The van der Waals surface area contributed by atoms with Gasteiger partial charge in [-0.3, -0.25) is 4.79 Å². The normalized spacial score (nSPS) is 10.2. The van der Waals surface area contributed by atoms with Crippen molar-refractivity contribution in [3.8, 4) is 11.5 Å². The van der Waals surface area contributed by atoms with Crippen LogP contribution < -0.4 is 14.8 Å². The summed E-state index contributed by atoms with van der Waals surface area (Å²) in [6, 6.07) is 11.2. The Morgan fingerprint density at radius 2 is 1.87 bits per heavy atom. The molecule has 122 valence electrons. The molecule has 2 aromatic carbocycles. The zero-order valence-corrected chi connectivity index (χ0v) is 13.3. The molecule has 0 aromatic heterocycles. The van der Waals surface area contributed by atoms with Crippen molar-refractivity contribution in [2.45, 2.75) is 20.3 Å². The molecule has 0 bridgehead atoms. The molecule has 2 rings (SSSR count). The number of rotatable bonds is 7. The lowest BCUT2D eigenvalue weighted by molar-refractivity contribution is -0.116. The fraction of sp³-hybridized carbons (Fsp3) is 0.278. The molecule has 23 heavy (non-hydrogen) atoms. The van der Waals surface area contributed by atoms with Crippen LogP contribution >= 0.6 is 0 Å². The first-order valence-corrected chi connectivity index (χ1v) is 7.50. The predicted molar refractivity (Wildman–Crippen MR) is 87.5 cm³/mol. The molecule has 0 saturated carbocycles. The van der Waals surface area contributed by atoms with Gasteiger partial charge in [0.25, 0.3) is 0 Å². The highest BCUT2D eigenvalue weighted by Gasteiger charge is 2.06. The van der Waals surface area contributed by atoms with E-state index in [4.69, 9.17) is 9.47 Å². The average molecular weight is 317 g/mol. The smallest absolute Gasteiger partial charge is 0.227 e. The molecule has 0 atom stereocenters. The molecule has 0 aliphatic heterocycles. The molecule has 4 nitrogen and oxygen atoms in total. The fourth-order valence-corrected chi connectivity index (χ4v) is 2.06. The van der Waals surface area contributed by atoms with Gasteiger partial charge in [-0.05, 0) is 61.9 Å². The predicted octanol–water partition coefficient (Wildman–Crippen LogP) is 3.94. The van der Waals surface area contributed by atoms with Gasteiger partial charge in [0.05, 0.1) is 19.6 Å². The number of benzene rings is 2. The van der Waals surface area contributed by atoms with Gasteiger partial charge in [0.1, 0.15) is 17.3 Å². The highest BCUT2D eigenvalue weighted by Crippen LogP contribution is 2.22. The van der Waals surface area contributed by atoms with Crippen LogP contribution in [0.4, 0.5) is 10.1 Å². The van der Waals surface area contributed by atoms with E-state index in [0.717, 1.165) is 17.0 Å². The van der Waals surface area contributed by atoms with Crippen LogP contribution in [-0.4, -0.2) is 19.1 Å². The Labute approximate surface area is 135 Å². The minimum absolute atomic E-state index is 0.143. The van der Waals surface area contributed by atoms with E-state index < -0.39 is 0 Å². The van der Waals surface area contributed by atoms with Gasteiger partial charge in [-0.1, -0.05) is 0 Å². The summed E-state index contributed by atoms with van der Waals surface area (Å²) >= 11 is 0. The maximum Gasteiger partial charge on any atom is 0.227 e. The van der Waals surface area contributed by atoms with Crippen molar-refractivity contribution in [3.63, 3.8) is 0 Å². The minimum atomic E-state index is -0.319. The first-order chi connectivity index (χ1) is 11.1. The standard InChI is InChI=1S/C18H20FNO3/c1-3-22-17-9-6-15(12-13(17)2)20-18(21)10-11-23-16-7-4-14(19)5-8-16/h4-9,12H,3,10-11H2,1-2H3,(H,20,21). The molecule has 1 N–H and O–H groups in total. The van der Waals surface area contributed by atoms with Crippen LogP contribution in [0.25, 0.3) is 0 Å². The molecule has 0 spiro atoms. The number of carbonyl (C=O) groups is 1. The van der Waals surface area contributed by atoms with Gasteiger partial charge in [0.2, 0.25) is 5.91 Å². The fourth-order valence-electron chi connectivity index (χ4n) is 2.06. The highest BCUT2D eigenvalue weighted by atomic mass is 19.1. The molecule has 0 heterocycles. The van der Waals surface area contributed by atoms with Gasteiger partial charge in [-0.25, -0.2) is 4.39 Å². The number of amides is 1. The van der Waals surface area contributed by atoms with Crippen LogP contribution in [0.5, 0.6) is 11.5 Å². The van der Waals surface area contributed by atoms with E-state index in [1.54, 1.807) is 6.07 Å². The molecular formula is C18H20FNO3. The van der Waals surface area contributed by atoms with E-state index in [1.807, 2.05) is 26.0 Å². The largest absolute Gasteiger partial charge is 0.494 e. The van der Waals surface area contributed by atoms with Crippen molar-refractivity contribution >= 4 is 11.6 Å². The van der Waals surface area contributed by atoms with Crippen LogP contribution in [0.15, 0.2) is 42.5 Å². The van der Waals surface area contributed by atoms with Crippen molar-refractivity contribution in [2.75, 3.05) is 18.5 Å². The zero-order valence-electron chi connectivity index (χ0n) is 13.3. The second-order valence-electron chi connectivity index (χ2n) is 5.01. The Bertz CT molecular complexity index is 656. The summed E-state index contributed by atoms with van der Waals surface area (Å²) in [5, 5.41) is 2.81. The summed E-state index contributed by atoms with van der Waals surface area (Å²) in [6.07, 6.45) is 0.212. The topological polar surface area (TPSA) is 47.6 Å². The first-order valence-electron chi connectivity index (χ1n) is 7.50. The van der Waals surface area contributed by atoms with Crippen molar-refractivity contribution in [2.24, 2.45) is 0 Å². The number of hydrogen-bond acceptors (Lipinski definition) is 3. The third kappa shape index (κ3) is 5.29. The molecule has 0 aliphatic rings. The molecule has 0 aliphatic carbocycles. The summed E-state index contributed by atoms with van der Waals surface area (Å²) in [5.74, 6) is 0.887. The summed E-state index contributed by atoms with van der Waals surface area (Å²) in [6.45, 7) is 4.69. The van der Waals surface area contributed by atoms with E-state index in [0.29, 0.717) is 12.4 Å². The van der Waals surface area contributed by atoms with Crippen molar-refractivity contribution in [3.05, 3.63) is 53.8 Å². The van der Waals surface area contributed by atoms with Crippen molar-refractivity contribution < 1.29 is 18.7 Å². The SMILES string of the molecule is CCOc1ccc(NC(=O)CCOc2ccc(F)cc2)cc1C. The first kappa shape index (κ1) is 16.8. The minimum Gasteiger partial charge on any atom is -0.494 e. The molecule has 5 heteroatoms. The summed E-state index contributed by atoms with van der Waals surface area (Å²) in [5.41, 5.74) is 1.69. The van der Waals surface area contributed by atoms with E-state index >= 15 is 0 Å². The number of aryl methyl sites for hydroxylation is 1. The maximum absolute atomic E-state index is 12.8. The Balaban J connectivity index is 1.80. The molecule has 0 unspecified atom stereocenters. The third-order valence-electron chi connectivity index (χ3n) is 3.17. The summed E-state index contributed by atoms with van der Waals surface area (Å²) in [4.78, 5) is 11.9. The van der Waals surface area contributed by atoms with Crippen molar-refractivity contribution in [1.29, 1.82) is 0 Å². The highest BCUT2D eigenvalue weighted by molar-refractivity contribution is 5.90. The van der Waals surface area contributed by atoms with E-state index in [9.17, 15) is 9.18 Å². The zero-order chi connectivity index (χ0) is 16.7. The van der Waals surface area contributed by atoms with Gasteiger partial charge in [-0.2, -0.15) is 0 Å². The van der Waals surface area contributed by atoms with E-state index in [-0.39, 0.29) is 24.8 Å². The van der Waals surface area contributed by atoms with E-state index in [2.05, 4.69) is 5.32 Å². The molecule has 1 amide bonds. The number of ether oxygens (including phenoxy) is 2. The van der Waals surface area contributed by atoms with Crippen molar-refractivity contribution in [1.82, 2.24) is 0 Å². The van der Waals surface area contributed by atoms with Crippen LogP contribution in [0.1, 0.15) is 18.9 Å². The molecular weight excluding hydrogens is 297 g/mol.